The highest BCUT2D eigenvalue weighted by atomic mass is 32.2. The lowest BCUT2D eigenvalue weighted by Gasteiger charge is -2.26. The van der Waals surface area contributed by atoms with E-state index in [1.54, 1.807) is 24.3 Å². The Morgan fingerprint density at radius 1 is 1.18 bits per heavy atom. The number of morpholine rings is 1. The molecule has 0 aliphatic carbocycles. The average molecular weight is 508 g/mol. The Bertz CT molecular complexity index is 1240. The van der Waals surface area contributed by atoms with Crippen LogP contribution in [0, 0.1) is 12.7 Å². The first-order chi connectivity index (χ1) is 16.4. The van der Waals surface area contributed by atoms with Crippen LogP contribution in [0.1, 0.15) is 24.5 Å². The van der Waals surface area contributed by atoms with E-state index in [4.69, 9.17) is 14.5 Å². The first kappa shape index (κ1) is 25.1. The van der Waals surface area contributed by atoms with Gasteiger partial charge in [0.1, 0.15) is 5.82 Å². The van der Waals surface area contributed by atoms with Gasteiger partial charge in [-0.3, -0.25) is 0 Å². The molecule has 0 unspecified atom stereocenters. The van der Waals surface area contributed by atoms with Crippen molar-refractivity contribution < 1.29 is 22.3 Å². The van der Waals surface area contributed by atoms with Crippen molar-refractivity contribution in [1.82, 2.24) is 13.9 Å². The summed E-state index contributed by atoms with van der Waals surface area (Å²) in [6.45, 7) is 7.40. The third kappa shape index (κ3) is 5.63. The molecule has 2 aromatic carbocycles. The second-order valence-electron chi connectivity index (χ2n) is 8.12. The summed E-state index contributed by atoms with van der Waals surface area (Å²) in [5.74, 6) is 0.307. The molecule has 0 spiro atoms. The molecular formula is C24H30FN3O4S2. The number of aromatic nitrogens is 2. The molecule has 4 rings (SSSR count). The summed E-state index contributed by atoms with van der Waals surface area (Å²) in [6, 6.07) is 9.92. The number of imidazole rings is 1. The minimum Gasteiger partial charge on any atom is -0.382 e. The van der Waals surface area contributed by atoms with E-state index in [1.807, 2.05) is 19.9 Å². The maximum atomic E-state index is 13.8. The molecule has 0 radical (unpaired) electrons. The monoisotopic (exact) mass is 507 g/mol. The lowest BCUT2D eigenvalue weighted by Crippen LogP contribution is -2.40. The quantitative estimate of drug-likeness (QED) is 0.302. The highest BCUT2D eigenvalue weighted by Crippen LogP contribution is 2.30. The van der Waals surface area contributed by atoms with Crippen molar-refractivity contribution >= 4 is 32.8 Å². The molecule has 10 heteroatoms. The Morgan fingerprint density at radius 2 is 1.97 bits per heavy atom. The van der Waals surface area contributed by atoms with Gasteiger partial charge in [0.25, 0.3) is 0 Å². The van der Waals surface area contributed by atoms with E-state index in [9.17, 15) is 12.8 Å². The molecular weight excluding hydrogens is 477 g/mol. The van der Waals surface area contributed by atoms with Gasteiger partial charge in [-0.05, 0) is 61.7 Å². The normalized spacial score (nSPS) is 15.3. The van der Waals surface area contributed by atoms with Crippen LogP contribution in [0.25, 0.3) is 11.0 Å². The molecule has 0 N–H and O–H groups in total. The molecule has 1 fully saturated rings. The van der Waals surface area contributed by atoms with Crippen molar-refractivity contribution in [3.8, 4) is 0 Å². The Labute approximate surface area is 204 Å². The van der Waals surface area contributed by atoms with Crippen LogP contribution in [0.4, 0.5) is 4.39 Å². The van der Waals surface area contributed by atoms with Crippen LogP contribution in [0.15, 0.2) is 46.5 Å². The highest BCUT2D eigenvalue weighted by Gasteiger charge is 2.27. The Hall–Kier alpha value is -1.98. The number of nitrogens with zero attached hydrogens (tertiary/aromatic N) is 3. The molecule has 1 aromatic heterocycles. The third-order valence-electron chi connectivity index (χ3n) is 5.83. The standard InChI is InChI=1S/C24H30FN3O4S2/c1-3-31-12-4-9-28-23-8-7-21(34(29,30)27-10-13-32-14-11-27)16-22(23)26-24(28)33-17-19-15-20(25)6-5-18(19)2/h5-8,15-16H,3-4,9-14,17H2,1-2H3. The lowest BCUT2D eigenvalue weighted by atomic mass is 10.1. The number of sulfonamides is 1. The Kier molecular flexibility index (Phi) is 8.26. The number of hydrogen-bond donors (Lipinski definition) is 0. The number of hydrogen-bond acceptors (Lipinski definition) is 6. The SMILES string of the molecule is CCOCCCn1c(SCc2cc(F)ccc2C)nc2cc(S(=O)(=O)N3CCOCC3)ccc21. The van der Waals surface area contributed by atoms with Gasteiger partial charge in [-0.15, -0.1) is 0 Å². The van der Waals surface area contributed by atoms with Gasteiger partial charge in [-0.1, -0.05) is 17.8 Å². The number of fused-ring (bicyclic) bond motifs is 1. The second kappa shape index (κ2) is 11.2. The number of halogens is 1. The lowest BCUT2D eigenvalue weighted by molar-refractivity contribution is 0.0730. The van der Waals surface area contributed by atoms with E-state index >= 15 is 0 Å². The van der Waals surface area contributed by atoms with E-state index in [2.05, 4.69) is 4.57 Å². The van der Waals surface area contributed by atoms with Crippen LogP contribution in [-0.2, 0) is 31.8 Å². The molecule has 7 nitrogen and oxygen atoms in total. The fraction of sp³-hybridized carbons (Fsp3) is 0.458. The highest BCUT2D eigenvalue weighted by molar-refractivity contribution is 7.98. The zero-order chi connectivity index (χ0) is 24.1. The molecule has 184 valence electrons. The van der Waals surface area contributed by atoms with Gasteiger partial charge in [0.05, 0.1) is 29.1 Å². The van der Waals surface area contributed by atoms with Gasteiger partial charge in [-0.25, -0.2) is 17.8 Å². The Balaban J connectivity index is 1.64. The molecule has 3 aromatic rings. The topological polar surface area (TPSA) is 73.7 Å². The van der Waals surface area contributed by atoms with Gasteiger partial charge in [0.15, 0.2) is 5.16 Å². The van der Waals surface area contributed by atoms with Crippen molar-refractivity contribution in [3.05, 3.63) is 53.3 Å². The van der Waals surface area contributed by atoms with E-state index in [-0.39, 0.29) is 10.7 Å². The minimum absolute atomic E-state index is 0.235. The fourth-order valence-corrected chi connectivity index (χ4v) is 6.45. The average Bonchev–Trinajstić information content (AvgIpc) is 3.19. The zero-order valence-corrected chi connectivity index (χ0v) is 21.1. The second-order valence-corrected chi connectivity index (χ2v) is 11.0. The smallest absolute Gasteiger partial charge is 0.243 e. The van der Waals surface area contributed by atoms with Crippen LogP contribution in [0.3, 0.4) is 0 Å². The summed E-state index contributed by atoms with van der Waals surface area (Å²) in [7, 11) is -3.61. The summed E-state index contributed by atoms with van der Waals surface area (Å²) >= 11 is 1.52. The summed E-state index contributed by atoms with van der Waals surface area (Å²) in [6.07, 6.45) is 0.805. The summed E-state index contributed by atoms with van der Waals surface area (Å²) in [5.41, 5.74) is 3.43. The van der Waals surface area contributed by atoms with Crippen LogP contribution in [0.5, 0.6) is 0 Å². The fourth-order valence-electron chi connectivity index (χ4n) is 3.92. The van der Waals surface area contributed by atoms with E-state index in [0.717, 1.165) is 28.2 Å². The molecule has 0 saturated carbocycles. The largest absolute Gasteiger partial charge is 0.382 e. The molecule has 1 saturated heterocycles. The molecule has 0 amide bonds. The minimum atomic E-state index is -3.61. The van der Waals surface area contributed by atoms with Crippen LogP contribution < -0.4 is 0 Å². The van der Waals surface area contributed by atoms with Crippen molar-refractivity contribution in [2.24, 2.45) is 0 Å². The van der Waals surface area contributed by atoms with Gasteiger partial charge in [-0.2, -0.15) is 4.31 Å². The molecule has 0 atom stereocenters. The summed E-state index contributed by atoms with van der Waals surface area (Å²) in [5, 5.41) is 0.774. The number of ether oxygens (including phenoxy) is 2. The van der Waals surface area contributed by atoms with Crippen LogP contribution in [0.2, 0.25) is 0 Å². The van der Waals surface area contributed by atoms with Gasteiger partial charge in [0, 0.05) is 38.6 Å². The van der Waals surface area contributed by atoms with Gasteiger partial charge >= 0.3 is 0 Å². The molecule has 2 heterocycles. The van der Waals surface area contributed by atoms with Crippen LogP contribution >= 0.6 is 11.8 Å². The molecule has 1 aliphatic rings. The predicted molar refractivity (Wildman–Crippen MR) is 131 cm³/mol. The van der Waals surface area contributed by atoms with Gasteiger partial charge < -0.3 is 14.0 Å². The first-order valence-corrected chi connectivity index (χ1v) is 13.9. The first-order valence-electron chi connectivity index (χ1n) is 11.4. The molecule has 1 aliphatic heterocycles. The van der Waals surface area contributed by atoms with E-state index in [1.165, 1.54) is 22.1 Å². The summed E-state index contributed by atoms with van der Waals surface area (Å²) < 4.78 is 54.4. The van der Waals surface area contributed by atoms with E-state index in [0.29, 0.717) is 57.3 Å². The Morgan fingerprint density at radius 3 is 2.74 bits per heavy atom. The maximum absolute atomic E-state index is 13.8. The number of aryl methyl sites for hydroxylation is 2. The zero-order valence-electron chi connectivity index (χ0n) is 19.5. The number of thioether (sulfide) groups is 1. The predicted octanol–water partition coefficient (Wildman–Crippen LogP) is 4.22. The van der Waals surface area contributed by atoms with Crippen molar-refractivity contribution in [1.29, 1.82) is 0 Å². The maximum Gasteiger partial charge on any atom is 0.243 e. The molecule has 0 bridgehead atoms. The van der Waals surface area contributed by atoms with E-state index < -0.39 is 10.0 Å². The number of benzene rings is 2. The summed E-state index contributed by atoms with van der Waals surface area (Å²) in [4.78, 5) is 5.02. The molecule has 34 heavy (non-hydrogen) atoms. The van der Waals surface area contributed by atoms with Crippen LogP contribution in [-0.4, -0.2) is 61.8 Å². The van der Waals surface area contributed by atoms with Crippen molar-refractivity contribution in [2.45, 2.75) is 42.6 Å². The third-order valence-corrected chi connectivity index (χ3v) is 8.75. The van der Waals surface area contributed by atoms with Crippen molar-refractivity contribution in [3.63, 3.8) is 0 Å². The number of rotatable bonds is 10. The van der Waals surface area contributed by atoms with Gasteiger partial charge in [0.2, 0.25) is 10.0 Å². The van der Waals surface area contributed by atoms with Crippen molar-refractivity contribution in [2.75, 3.05) is 39.5 Å².